The van der Waals surface area contributed by atoms with Crippen LogP contribution in [-0.2, 0) is 43.5 Å². The summed E-state index contributed by atoms with van der Waals surface area (Å²) in [6.07, 6.45) is 2.60. The van der Waals surface area contributed by atoms with Crippen LogP contribution in [0, 0.1) is 11.8 Å². The minimum absolute atomic E-state index is 0.101. The van der Waals surface area contributed by atoms with Gasteiger partial charge in [0.15, 0.2) is 0 Å². The molecule has 5 heteroatoms. The number of benzene rings is 4. The van der Waals surface area contributed by atoms with E-state index in [0.717, 1.165) is 23.7 Å². The summed E-state index contributed by atoms with van der Waals surface area (Å²) in [7, 11) is -2.70. The Kier molecular flexibility index (Phi) is 9.81. The van der Waals surface area contributed by atoms with Crippen molar-refractivity contribution >= 4 is 20.3 Å². The maximum atomic E-state index is 13.9. The number of carbonyl (C=O) groups excluding carboxylic acids is 2. The first-order chi connectivity index (χ1) is 20.1. The zero-order valence-corrected chi connectivity index (χ0v) is 24.5. The van der Waals surface area contributed by atoms with Crippen molar-refractivity contribution in [1.29, 1.82) is 0 Å². The molecular formula is C36H38O4Si. The Labute approximate surface area is 244 Å². The van der Waals surface area contributed by atoms with E-state index in [1.54, 1.807) is 0 Å². The summed E-state index contributed by atoms with van der Waals surface area (Å²) in [6.45, 7) is 0.286. The van der Waals surface area contributed by atoms with E-state index in [0.29, 0.717) is 25.7 Å². The molecule has 0 radical (unpaired) electrons. The van der Waals surface area contributed by atoms with E-state index >= 15 is 0 Å². The maximum absolute atomic E-state index is 13.9. The minimum Gasteiger partial charge on any atom is -0.518 e. The Hall–Kier alpha value is -3.96. The molecule has 41 heavy (non-hydrogen) atoms. The van der Waals surface area contributed by atoms with Crippen molar-refractivity contribution in [3.8, 4) is 0 Å². The molecular weight excluding hydrogens is 524 g/mol. The molecule has 5 rings (SSSR count). The van der Waals surface area contributed by atoms with Gasteiger partial charge in [-0.3, -0.25) is 9.59 Å². The van der Waals surface area contributed by atoms with E-state index in [9.17, 15) is 9.59 Å². The molecule has 0 aliphatic heterocycles. The van der Waals surface area contributed by atoms with Crippen molar-refractivity contribution < 1.29 is 18.8 Å². The third kappa shape index (κ3) is 8.27. The smallest absolute Gasteiger partial charge is 0.309 e. The Balaban J connectivity index is 1.30. The molecule has 4 aromatic carbocycles. The highest BCUT2D eigenvalue weighted by Gasteiger charge is 2.42. The summed E-state index contributed by atoms with van der Waals surface area (Å²) in [4.78, 5) is 26.6. The van der Waals surface area contributed by atoms with Crippen molar-refractivity contribution in [3.63, 3.8) is 0 Å². The van der Waals surface area contributed by atoms with Crippen LogP contribution in [-0.4, -0.2) is 20.3 Å². The van der Waals surface area contributed by atoms with Crippen LogP contribution in [0.5, 0.6) is 0 Å². The van der Waals surface area contributed by atoms with Crippen molar-refractivity contribution in [3.05, 3.63) is 144 Å². The standard InChI is InChI=1S/C36H38O4Si/c37-35(39-25-29-13-5-1-6-14-29)33-21-23-34(24-22-33)36(38)40-41(26-30-15-7-2-8-16-30,27-31-17-9-3-10-18-31)28-32-19-11-4-12-20-32/h1-20,33-34H,21-28H2. The lowest BCUT2D eigenvalue weighted by molar-refractivity contribution is -0.153. The van der Waals surface area contributed by atoms with Crippen LogP contribution >= 0.6 is 0 Å². The third-order valence-corrected chi connectivity index (χ3v) is 11.8. The van der Waals surface area contributed by atoms with Crippen molar-refractivity contribution in [2.45, 2.75) is 50.4 Å². The fourth-order valence-electron chi connectivity index (χ4n) is 5.91. The molecule has 0 spiro atoms. The number of esters is 1. The Bertz CT molecular complexity index is 1270. The van der Waals surface area contributed by atoms with Gasteiger partial charge in [0.2, 0.25) is 0 Å². The highest BCUT2D eigenvalue weighted by Crippen LogP contribution is 2.33. The van der Waals surface area contributed by atoms with Gasteiger partial charge in [0.1, 0.15) is 6.61 Å². The second kappa shape index (κ2) is 14.1. The average molecular weight is 563 g/mol. The van der Waals surface area contributed by atoms with Gasteiger partial charge in [0.05, 0.1) is 11.8 Å². The van der Waals surface area contributed by atoms with Crippen molar-refractivity contribution in [1.82, 2.24) is 0 Å². The van der Waals surface area contributed by atoms with E-state index < -0.39 is 8.32 Å². The van der Waals surface area contributed by atoms with Gasteiger partial charge in [-0.25, -0.2) is 0 Å². The molecule has 0 unspecified atom stereocenters. The minimum atomic E-state index is -2.70. The van der Waals surface area contributed by atoms with Crippen LogP contribution in [0.2, 0.25) is 0 Å². The molecule has 0 atom stereocenters. The third-order valence-electron chi connectivity index (χ3n) is 8.04. The number of carbonyl (C=O) groups is 2. The predicted octanol–water partition coefficient (Wildman–Crippen LogP) is 7.37. The zero-order valence-electron chi connectivity index (χ0n) is 23.5. The molecule has 0 bridgehead atoms. The van der Waals surface area contributed by atoms with Gasteiger partial charge in [-0.05, 0) is 47.9 Å². The van der Waals surface area contributed by atoms with Gasteiger partial charge in [-0.2, -0.15) is 0 Å². The van der Waals surface area contributed by atoms with Gasteiger partial charge in [-0.15, -0.1) is 0 Å². The SMILES string of the molecule is O=C(OCc1ccccc1)C1CCC(C(=O)O[Si](Cc2ccccc2)(Cc2ccccc2)Cc2ccccc2)CC1. The molecule has 0 N–H and O–H groups in total. The van der Waals surface area contributed by atoms with Crippen LogP contribution in [0.25, 0.3) is 0 Å². The molecule has 1 aliphatic carbocycles. The number of hydrogen-bond donors (Lipinski definition) is 0. The summed E-state index contributed by atoms with van der Waals surface area (Å²) >= 11 is 0. The van der Waals surface area contributed by atoms with Crippen LogP contribution in [0.15, 0.2) is 121 Å². The molecule has 0 heterocycles. The second-order valence-electron chi connectivity index (χ2n) is 11.2. The quantitative estimate of drug-likeness (QED) is 0.141. The largest absolute Gasteiger partial charge is 0.518 e. The molecule has 0 saturated heterocycles. The summed E-state index contributed by atoms with van der Waals surface area (Å²) < 4.78 is 12.4. The predicted molar refractivity (Wildman–Crippen MR) is 164 cm³/mol. The van der Waals surface area contributed by atoms with Gasteiger partial charge < -0.3 is 9.16 Å². The van der Waals surface area contributed by atoms with E-state index in [2.05, 4.69) is 72.8 Å². The van der Waals surface area contributed by atoms with Crippen LogP contribution in [0.1, 0.15) is 47.9 Å². The Morgan fingerprint density at radius 2 is 0.854 bits per heavy atom. The molecule has 1 fully saturated rings. The summed E-state index contributed by atoms with van der Waals surface area (Å²) in [5, 5.41) is 0. The van der Waals surface area contributed by atoms with E-state index in [4.69, 9.17) is 9.16 Å². The highest BCUT2D eigenvalue weighted by molar-refractivity contribution is 6.73. The lowest BCUT2D eigenvalue weighted by Gasteiger charge is -2.35. The molecule has 210 valence electrons. The monoisotopic (exact) mass is 562 g/mol. The lowest BCUT2D eigenvalue weighted by Crippen LogP contribution is -2.50. The summed E-state index contributed by atoms with van der Waals surface area (Å²) in [6, 6.07) is 43.2. The normalized spacial score (nSPS) is 17.0. The molecule has 1 saturated carbocycles. The van der Waals surface area contributed by atoms with E-state index in [-0.39, 0.29) is 30.4 Å². The van der Waals surface area contributed by atoms with Crippen LogP contribution < -0.4 is 0 Å². The molecule has 1 aliphatic rings. The molecule has 0 aromatic heterocycles. The van der Waals surface area contributed by atoms with Crippen LogP contribution in [0.4, 0.5) is 0 Å². The van der Waals surface area contributed by atoms with Gasteiger partial charge in [0, 0.05) is 18.1 Å². The maximum Gasteiger partial charge on any atom is 0.309 e. The summed E-state index contributed by atoms with van der Waals surface area (Å²) in [5.74, 6) is -0.623. The van der Waals surface area contributed by atoms with E-state index in [1.807, 2.05) is 48.5 Å². The first-order valence-corrected chi connectivity index (χ1v) is 17.2. The lowest BCUT2D eigenvalue weighted by atomic mass is 9.82. The second-order valence-corrected chi connectivity index (χ2v) is 14.9. The van der Waals surface area contributed by atoms with Gasteiger partial charge >= 0.3 is 5.97 Å². The first-order valence-electron chi connectivity index (χ1n) is 14.6. The van der Waals surface area contributed by atoms with Gasteiger partial charge in [-0.1, -0.05) is 121 Å². The molecule has 4 aromatic rings. The fraction of sp³-hybridized carbons (Fsp3) is 0.278. The fourth-order valence-corrected chi connectivity index (χ4v) is 10.0. The van der Waals surface area contributed by atoms with Crippen molar-refractivity contribution in [2.75, 3.05) is 0 Å². The number of rotatable bonds is 11. The first kappa shape index (κ1) is 28.6. The highest BCUT2D eigenvalue weighted by atomic mass is 28.4. The number of ether oxygens (including phenoxy) is 1. The number of hydrogen-bond acceptors (Lipinski definition) is 4. The van der Waals surface area contributed by atoms with Gasteiger partial charge in [0.25, 0.3) is 14.3 Å². The topological polar surface area (TPSA) is 52.6 Å². The Morgan fingerprint density at radius 3 is 1.24 bits per heavy atom. The van der Waals surface area contributed by atoms with Crippen molar-refractivity contribution in [2.24, 2.45) is 11.8 Å². The molecule has 0 amide bonds. The zero-order chi connectivity index (χ0) is 28.3. The Morgan fingerprint density at radius 1 is 0.512 bits per heavy atom. The summed E-state index contributed by atoms with van der Waals surface area (Å²) in [5.41, 5.74) is 4.57. The van der Waals surface area contributed by atoms with Crippen LogP contribution in [0.3, 0.4) is 0 Å². The molecule has 4 nitrogen and oxygen atoms in total. The average Bonchev–Trinajstić information content (AvgIpc) is 3.02. The van der Waals surface area contributed by atoms with E-state index in [1.165, 1.54) is 16.7 Å².